The van der Waals surface area contributed by atoms with Crippen molar-refractivity contribution >= 4 is 11.6 Å². The Morgan fingerprint density at radius 1 is 1.21 bits per heavy atom. The fraction of sp³-hybridized carbons (Fsp3) is 0.286. The van der Waals surface area contributed by atoms with Crippen LogP contribution in [-0.4, -0.2) is 30.2 Å². The summed E-state index contributed by atoms with van der Waals surface area (Å²) in [6.07, 6.45) is 4.29. The van der Waals surface area contributed by atoms with Gasteiger partial charge in [-0.25, -0.2) is 9.97 Å². The molecule has 0 bridgehead atoms. The molecular formula is C14H16ClN3O. The molecule has 0 aliphatic rings. The van der Waals surface area contributed by atoms with E-state index in [0.717, 1.165) is 18.5 Å². The van der Waals surface area contributed by atoms with Crippen LogP contribution in [0.1, 0.15) is 6.42 Å². The van der Waals surface area contributed by atoms with Gasteiger partial charge in [0.15, 0.2) is 11.6 Å². The zero-order valence-electron chi connectivity index (χ0n) is 10.8. The fourth-order valence-corrected chi connectivity index (χ4v) is 1.83. The van der Waals surface area contributed by atoms with Gasteiger partial charge in [0.1, 0.15) is 0 Å². The van der Waals surface area contributed by atoms with E-state index in [1.165, 1.54) is 0 Å². The lowest BCUT2D eigenvalue weighted by Gasteiger charge is -2.06. The summed E-state index contributed by atoms with van der Waals surface area (Å²) >= 11 is 6.10. The smallest absolute Gasteiger partial charge is 0.160 e. The summed E-state index contributed by atoms with van der Waals surface area (Å²) in [6, 6.07) is 7.51. The molecule has 0 amide bonds. The molecule has 1 N–H and O–H groups in total. The van der Waals surface area contributed by atoms with Gasteiger partial charge in [-0.15, -0.1) is 0 Å². The van der Waals surface area contributed by atoms with E-state index >= 15 is 0 Å². The number of nitrogens with zero attached hydrogens (tertiary/aromatic N) is 2. The second kappa shape index (κ2) is 7.07. The molecule has 1 heterocycles. The van der Waals surface area contributed by atoms with Crippen LogP contribution in [0.3, 0.4) is 0 Å². The van der Waals surface area contributed by atoms with Crippen LogP contribution >= 0.6 is 11.6 Å². The van der Waals surface area contributed by atoms with Crippen LogP contribution in [0.5, 0.6) is 5.75 Å². The van der Waals surface area contributed by atoms with Gasteiger partial charge in [0, 0.05) is 5.56 Å². The maximum absolute atomic E-state index is 6.10. The van der Waals surface area contributed by atoms with Crippen LogP contribution in [0.25, 0.3) is 11.4 Å². The van der Waals surface area contributed by atoms with Crippen molar-refractivity contribution in [1.82, 2.24) is 15.3 Å². The third kappa shape index (κ3) is 3.91. The second-order valence-electron chi connectivity index (χ2n) is 4.03. The Hall–Kier alpha value is -1.65. The zero-order chi connectivity index (χ0) is 13.5. The van der Waals surface area contributed by atoms with Gasteiger partial charge in [-0.2, -0.15) is 0 Å². The quantitative estimate of drug-likeness (QED) is 0.825. The zero-order valence-corrected chi connectivity index (χ0v) is 11.5. The van der Waals surface area contributed by atoms with Crippen molar-refractivity contribution in [2.24, 2.45) is 0 Å². The Labute approximate surface area is 117 Å². The Balaban J connectivity index is 2.01. The van der Waals surface area contributed by atoms with Crippen molar-refractivity contribution in [3.8, 4) is 17.1 Å². The molecule has 0 unspecified atom stereocenters. The third-order valence-electron chi connectivity index (χ3n) is 2.58. The first-order valence-corrected chi connectivity index (χ1v) is 6.53. The lowest BCUT2D eigenvalue weighted by Crippen LogP contribution is -2.11. The molecule has 19 heavy (non-hydrogen) atoms. The maximum atomic E-state index is 6.10. The van der Waals surface area contributed by atoms with E-state index in [9.17, 15) is 0 Å². The highest BCUT2D eigenvalue weighted by atomic mass is 35.5. The van der Waals surface area contributed by atoms with Crippen LogP contribution in [0.2, 0.25) is 5.02 Å². The number of hydrogen-bond acceptors (Lipinski definition) is 4. The molecule has 100 valence electrons. The first-order valence-electron chi connectivity index (χ1n) is 6.15. The van der Waals surface area contributed by atoms with Crippen LogP contribution in [0.15, 0.2) is 36.7 Å². The summed E-state index contributed by atoms with van der Waals surface area (Å²) in [4.78, 5) is 8.54. The monoisotopic (exact) mass is 277 g/mol. The van der Waals surface area contributed by atoms with E-state index in [4.69, 9.17) is 16.3 Å². The average molecular weight is 278 g/mol. The predicted molar refractivity (Wildman–Crippen MR) is 76.5 cm³/mol. The highest BCUT2D eigenvalue weighted by Gasteiger charge is 2.05. The van der Waals surface area contributed by atoms with E-state index in [0.29, 0.717) is 23.2 Å². The van der Waals surface area contributed by atoms with Crippen molar-refractivity contribution in [3.63, 3.8) is 0 Å². The first kappa shape index (κ1) is 13.8. The van der Waals surface area contributed by atoms with E-state index in [1.807, 2.05) is 31.3 Å². The lowest BCUT2D eigenvalue weighted by molar-refractivity contribution is 0.307. The highest BCUT2D eigenvalue weighted by molar-refractivity contribution is 6.33. The maximum Gasteiger partial charge on any atom is 0.160 e. The van der Waals surface area contributed by atoms with Crippen molar-refractivity contribution in [3.05, 3.63) is 41.7 Å². The van der Waals surface area contributed by atoms with Gasteiger partial charge in [0.2, 0.25) is 0 Å². The minimum atomic E-state index is 0.605. The van der Waals surface area contributed by atoms with Gasteiger partial charge in [0.05, 0.1) is 24.0 Å². The molecule has 0 fully saturated rings. The van der Waals surface area contributed by atoms with Gasteiger partial charge in [0.25, 0.3) is 0 Å². The molecule has 5 heteroatoms. The fourth-order valence-electron chi connectivity index (χ4n) is 1.61. The van der Waals surface area contributed by atoms with Gasteiger partial charge < -0.3 is 10.1 Å². The molecular weight excluding hydrogens is 262 g/mol. The van der Waals surface area contributed by atoms with E-state index in [2.05, 4.69) is 15.3 Å². The van der Waals surface area contributed by atoms with Crippen molar-refractivity contribution in [2.45, 2.75) is 6.42 Å². The van der Waals surface area contributed by atoms with Crippen molar-refractivity contribution < 1.29 is 4.74 Å². The summed E-state index contributed by atoms with van der Waals surface area (Å²) in [5.74, 6) is 1.28. The molecule has 1 aromatic heterocycles. The predicted octanol–water partition coefficient (Wildman–Crippen LogP) is 2.79. The molecule has 4 nitrogen and oxygen atoms in total. The molecule has 2 rings (SSSR count). The number of aromatic nitrogens is 2. The van der Waals surface area contributed by atoms with Crippen LogP contribution < -0.4 is 10.1 Å². The average Bonchev–Trinajstić information content (AvgIpc) is 2.45. The highest BCUT2D eigenvalue weighted by Crippen LogP contribution is 2.24. The van der Waals surface area contributed by atoms with Gasteiger partial charge >= 0.3 is 0 Å². The first-order chi connectivity index (χ1) is 9.31. The molecule has 0 aliphatic heterocycles. The van der Waals surface area contributed by atoms with Crippen molar-refractivity contribution in [1.29, 1.82) is 0 Å². The van der Waals surface area contributed by atoms with Crippen LogP contribution in [0, 0.1) is 0 Å². The van der Waals surface area contributed by atoms with Crippen molar-refractivity contribution in [2.75, 3.05) is 20.2 Å². The normalized spacial score (nSPS) is 10.4. The lowest BCUT2D eigenvalue weighted by atomic mass is 10.2. The number of halogens is 1. The summed E-state index contributed by atoms with van der Waals surface area (Å²) in [6.45, 7) is 1.58. The molecule has 2 aromatic rings. The molecule has 0 spiro atoms. The van der Waals surface area contributed by atoms with Crippen LogP contribution in [0.4, 0.5) is 0 Å². The summed E-state index contributed by atoms with van der Waals surface area (Å²) < 4.78 is 5.53. The molecule has 0 radical (unpaired) electrons. The van der Waals surface area contributed by atoms with Gasteiger partial charge in [-0.05, 0) is 32.1 Å². The molecule has 0 saturated heterocycles. The SMILES string of the molecule is CNCCCOc1cnc(-c2ccccc2Cl)nc1. The molecule has 1 aromatic carbocycles. The molecule has 0 saturated carbocycles. The summed E-state index contributed by atoms with van der Waals surface area (Å²) in [5, 5.41) is 3.71. The van der Waals surface area contributed by atoms with Crippen LogP contribution in [-0.2, 0) is 0 Å². The Kier molecular flexibility index (Phi) is 5.12. The van der Waals surface area contributed by atoms with E-state index in [-0.39, 0.29) is 0 Å². The Morgan fingerprint density at radius 3 is 2.63 bits per heavy atom. The molecule has 0 aliphatic carbocycles. The minimum Gasteiger partial charge on any atom is -0.490 e. The van der Waals surface area contributed by atoms with Gasteiger partial charge in [-0.1, -0.05) is 23.7 Å². The number of rotatable bonds is 6. The standard InChI is InChI=1S/C14H16ClN3O/c1-16-7-4-8-19-11-9-17-14(18-10-11)12-5-2-3-6-13(12)15/h2-3,5-6,9-10,16H,4,7-8H2,1H3. The second-order valence-corrected chi connectivity index (χ2v) is 4.43. The minimum absolute atomic E-state index is 0.605. The Bertz CT molecular complexity index is 516. The number of benzene rings is 1. The summed E-state index contributed by atoms with van der Waals surface area (Å²) in [7, 11) is 1.92. The topological polar surface area (TPSA) is 47.0 Å². The third-order valence-corrected chi connectivity index (χ3v) is 2.91. The molecule has 0 atom stereocenters. The largest absolute Gasteiger partial charge is 0.490 e. The number of hydrogen-bond donors (Lipinski definition) is 1. The van der Waals surface area contributed by atoms with E-state index < -0.39 is 0 Å². The van der Waals surface area contributed by atoms with Gasteiger partial charge in [-0.3, -0.25) is 0 Å². The Morgan fingerprint density at radius 2 is 1.95 bits per heavy atom. The van der Waals surface area contributed by atoms with E-state index in [1.54, 1.807) is 12.4 Å². The summed E-state index contributed by atoms with van der Waals surface area (Å²) in [5.41, 5.74) is 0.825. The number of ether oxygens (including phenoxy) is 1. The number of nitrogens with one attached hydrogen (secondary N) is 1.